The molecule has 210 valence electrons. The highest BCUT2D eigenvalue weighted by Crippen LogP contribution is 2.49. The molecule has 0 atom stereocenters. The summed E-state index contributed by atoms with van der Waals surface area (Å²) >= 11 is 0. The normalized spacial score (nSPS) is 15.0. The molecule has 1 nitrogen and oxygen atoms in total. The van der Waals surface area contributed by atoms with Gasteiger partial charge in [-0.2, -0.15) is 0 Å². The van der Waals surface area contributed by atoms with Crippen LogP contribution in [0.5, 0.6) is 0 Å². The van der Waals surface area contributed by atoms with Gasteiger partial charge in [0.1, 0.15) is 11.2 Å². The number of hydrogen-bond acceptors (Lipinski definition) is 1. The van der Waals surface area contributed by atoms with Crippen LogP contribution in [0.3, 0.4) is 0 Å². The van der Waals surface area contributed by atoms with Gasteiger partial charge in [-0.3, -0.25) is 0 Å². The zero-order valence-electron chi connectivity index (χ0n) is 34.7. The summed E-state index contributed by atoms with van der Waals surface area (Å²) in [6, 6.07) is 27.6. The zero-order chi connectivity index (χ0) is 39.3. The molecule has 0 saturated carbocycles. The van der Waals surface area contributed by atoms with Gasteiger partial charge in [0.2, 0.25) is 0 Å². The SMILES string of the molecule is [2H]c1c([2H])c([2H])c(-c2c([2H])c(-c3c4ccccc4c(-c4ccccc4-c4ccccc4)c4ccccc34)c3c(oc4c([2H])c([2H])c([2H])c([2H])c43)c2[2H])c([2H])c1[2H]. The Balaban J connectivity index is 1.54. The van der Waals surface area contributed by atoms with Crippen molar-refractivity contribution in [3.05, 3.63) is 170 Å². The molecule has 0 saturated heterocycles. The van der Waals surface area contributed by atoms with Gasteiger partial charge in [0, 0.05) is 10.8 Å². The molecular formula is C44H28O. The van der Waals surface area contributed by atoms with Crippen LogP contribution in [0.2, 0.25) is 0 Å². The number of benzene rings is 8. The molecule has 1 heteroatoms. The maximum Gasteiger partial charge on any atom is 0.136 e. The van der Waals surface area contributed by atoms with Gasteiger partial charge >= 0.3 is 0 Å². The molecule has 0 aliphatic carbocycles. The standard InChI is InChI=1S/C44H28O/c1-3-15-29(16-4-1)31-27-39(44-38-25-13-14-26-40(38)45-41(44)28-31)43-36-23-11-9-21-34(36)42(35-22-10-12-24-37(35)43)33-20-8-7-19-32(33)30-17-5-2-6-18-30/h1-28H/i1D,3D,4D,13D,14D,15D,16D,25D,26D,27D,28D. The Bertz CT molecular complexity index is 3070. The Morgan fingerprint density at radius 1 is 0.378 bits per heavy atom. The van der Waals surface area contributed by atoms with E-state index in [9.17, 15) is 2.74 Å². The van der Waals surface area contributed by atoms with Crippen molar-refractivity contribution in [2.75, 3.05) is 0 Å². The van der Waals surface area contributed by atoms with Gasteiger partial charge in [-0.15, -0.1) is 0 Å². The number of hydrogen-bond donors (Lipinski definition) is 0. The van der Waals surface area contributed by atoms with Crippen molar-refractivity contribution in [2.45, 2.75) is 0 Å². The molecule has 1 aromatic heterocycles. The van der Waals surface area contributed by atoms with Gasteiger partial charge in [-0.25, -0.2) is 0 Å². The van der Waals surface area contributed by atoms with Crippen LogP contribution in [-0.2, 0) is 0 Å². The molecule has 0 N–H and O–H groups in total. The first-order valence-corrected chi connectivity index (χ1v) is 14.6. The van der Waals surface area contributed by atoms with Crippen LogP contribution in [0, 0.1) is 0 Å². The molecular weight excluding hydrogens is 544 g/mol. The third-order valence-electron chi connectivity index (χ3n) is 8.29. The molecule has 1 heterocycles. The maximum absolute atomic E-state index is 9.99. The van der Waals surface area contributed by atoms with E-state index >= 15 is 0 Å². The lowest BCUT2D eigenvalue weighted by atomic mass is 9.82. The third-order valence-corrected chi connectivity index (χ3v) is 8.29. The molecule has 0 fully saturated rings. The molecule has 0 radical (unpaired) electrons. The summed E-state index contributed by atoms with van der Waals surface area (Å²) < 4.78 is 103. The van der Waals surface area contributed by atoms with Gasteiger partial charge in [0.15, 0.2) is 0 Å². The van der Waals surface area contributed by atoms with E-state index in [2.05, 4.69) is 24.3 Å². The van der Waals surface area contributed by atoms with E-state index in [4.69, 9.17) is 16.8 Å². The second-order valence-electron chi connectivity index (χ2n) is 10.8. The highest BCUT2D eigenvalue weighted by molar-refractivity contribution is 6.26. The number of fused-ring (bicyclic) bond motifs is 5. The minimum atomic E-state index is -0.636. The Labute approximate surface area is 277 Å². The second-order valence-corrected chi connectivity index (χ2v) is 10.8. The van der Waals surface area contributed by atoms with Crippen molar-refractivity contribution in [3.8, 4) is 44.5 Å². The summed E-state index contributed by atoms with van der Waals surface area (Å²) in [6.45, 7) is 0. The van der Waals surface area contributed by atoms with Crippen LogP contribution < -0.4 is 0 Å². The van der Waals surface area contributed by atoms with Crippen LogP contribution in [0.25, 0.3) is 88.0 Å². The monoisotopic (exact) mass is 583 g/mol. The highest BCUT2D eigenvalue weighted by Gasteiger charge is 2.22. The molecule has 8 aromatic carbocycles. The van der Waals surface area contributed by atoms with Crippen molar-refractivity contribution in [2.24, 2.45) is 0 Å². The Hall–Kier alpha value is -5.92. The van der Waals surface area contributed by atoms with Gasteiger partial charge < -0.3 is 4.42 Å². The summed E-state index contributed by atoms with van der Waals surface area (Å²) in [5, 5.41) is 3.04. The van der Waals surface area contributed by atoms with E-state index in [1.807, 2.05) is 78.9 Å². The van der Waals surface area contributed by atoms with Gasteiger partial charge in [-0.1, -0.05) is 151 Å². The first-order chi connectivity index (χ1) is 26.9. The molecule has 0 unspecified atom stereocenters. The second kappa shape index (κ2) is 10.4. The Morgan fingerprint density at radius 3 is 1.62 bits per heavy atom. The fourth-order valence-corrected chi connectivity index (χ4v) is 6.43. The Morgan fingerprint density at radius 2 is 0.933 bits per heavy atom. The fraction of sp³-hybridized carbons (Fsp3) is 0. The summed E-state index contributed by atoms with van der Waals surface area (Å²) in [7, 11) is 0. The summed E-state index contributed by atoms with van der Waals surface area (Å²) in [5.41, 5.74) is 3.45. The largest absolute Gasteiger partial charge is 0.456 e. The van der Waals surface area contributed by atoms with E-state index in [0.717, 1.165) is 33.0 Å². The predicted octanol–water partition coefficient (Wildman–Crippen LogP) is 12.6. The average molecular weight is 584 g/mol. The molecule has 0 aliphatic heterocycles. The molecule has 9 rings (SSSR count). The van der Waals surface area contributed by atoms with Gasteiger partial charge in [-0.05, 0) is 84.2 Å². The van der Waals surface area contributed by atoms with Crippen LogP contribution in [-0.4, -0.2) is 0 Å². The third kappa shape index (κ3) is 4.09. The van der Waals surface area contributed by atoms with Crippen LogP contribution in [0.4, 0.5) is 0 Å². The molecule has 0 bridgehead atoms. The first kappa shape index (κ1) is 16.8. The van der Waals surface area contributed by atoms with Crippen LogP contribution in [0.1, 0.15) is 15.1 Å². The van der Waals surface area contributed by atoms with Crippen LogP contribution in [0.15, 0.2) is 174 Å². The van der Waals surface area contributed by atoms with E-state index < -0.39 is 60.4 Å². The van der Waals surface area contributed by atoms with Gasteiger partial charge in [0.25, 0.3) is 0 Å². The number of rotatable bonds is 4. The molecule has 45 heavy (non-hydrogen) atoms. The fourth-order valence-electron chi connectivity index (χ4n) is 6.43. The van der Waals surface area contributed by atoms with Crippen molar-refractivity contribution in [1.29, 1.82) is 0 Å². The smallest absolute Gasteiger partial charge is 0.136 e. The number of furan rings is 1. The van der Waals surface area contributed by atoms with Crippen molar-refractivity contribution in [1.82, 2.24) is 0 Å². The summed E-state index contributed by atoms with van der Waals surface area (Å²) in [5.74, 6) is 0. The molecule has 0 spiro atoms. The molecule has 0 aliphatic rings. The van der Waals surface area contributed by atoms with Crippen molar-refractivity contribution in [3.63, 3.8) is 0 Å². The van der Waals surface area contributed by atoms with Crippen LogP contribution >= 0.6 is 0 Å². The maximum atomic E-state index is 9.99. The average Bonchev–Trinajstić information content (AvgIpc) is 3.63. The van der Waals surface area contributed by atoms with E-state index in [1.54, 1.807) is 0 Å². The summed E-state index contributed by atoms with van der Waals surface area (Å²) in [6.07, 6.45) is 0. The summed E-state index contributed by atoms with van der Waals surface area (Å²) in [4.78, 5) is 0. The minimum absolute atomic E-state index is 0.0257. The van der Waals surface area contributed by atoms with Crippen molar-refractivity contribution < 1.29 is 19.5 Å². The number of para-hydroxylation sites is 1. The van der Waals surface area contributed by atoms with E-state index in [1.165, 1.54) is 0 Å². The highest BCUT2D eigenvalue weighted by atomic mass is 16.3. The lowest BCUT2D eigenvalue weighted by molar-refractivity contribution is 0.669. The van der Waals surface area contributed by atoms with E-state index in [-0.39, 0.29) is 44.7 Å². The topological polar surface area (TPSA) is 13.1 Å². The zero-order valence-corrected chi connectivity index (χ0v) is 23.7. The Kier molecular flexibility index (Phi) is 3.87. The quantitative estimate of drug-likeness (QED) is 0.188. The first-order valence-electron chi connectivity index (χ1n) is 20.1. The predicted molar refractivity (Wildman–Crippen MR) is 190 cm³/mol. The molecule has 0 amide bonds. The lowest BCUT2D eigenvalue weighted by Crippen LogP contribution is -1.93. The van der Waals surface area contributed by atoms with E-state index in [0.29, 0.717) is 16.3 Å². The molecule has 9 aromatic rings. The van der Waals surface area contributed by atoms with Crippen molar-refractivity contribution >= 4 is 43.5 Å². The van der Waals surface area contributed by atoms with Gasteiger partial charge in [0.05, 0.1) is 15.1 Å². The minimum Gasteiger partial charge on any atom is -0.456 e. The lowest BCUT2D eigenvalue weighted by Gasteiger charge is -2.20.